The van der Waals surface area contributed by atoms with Crippen molar-refractivity contribution in [3.05, 3.63) is 4.13 Å². The molecule has 0 bridgehead atoms. The van der Waals surface area contributed by atoms with Crippen molar-refractivity contribution in [2.24, 2.45) is 0 Å². The van der Waals surface area contributed by atoms with Crippen molar-refractivity contribution in [3.8, 4) is 0 Å². The second-order valence-electron chi connectivity index (χ2n) is 3.31. The predicted molar refractivity (Wildman–Crippen MR) is 141 cm³/mol. The molecule has 32 nitrogen and oxygen atoms in total. The standard InChI is InChI=1S/2CH4.2ClH.F2HNO4S2.F2NO4S2.2FHO3S.2FH.10Li.H2O4S.O3S.9H2O/c;;;;2*1-8(4,5)3-9(2,6)7;2*1-5(2,3)4;;;;;;;;;;;;;1-5(2,3)4;1-4(2)3;;;;;;;;;/h2*1H4;2*1H;3H;;2*(H,2,3,4);2*1H;;;;;;;;;;;(H2,1,2,3,4);;9*1H2/q;;;;;-1;;;;;10*+1;;-2;;;;;;;;;/p-8. The third kappa shape index (κ3) is 924. The first-order valence-corrected chi connectivity index (χ1v) is 15.7. The topological polar surface area (TPSA) is 682 Å². The molecule has 0 amide bonds. The van der Waals surface area contributed by atoms with Gasteiger partial charge in [-0.3, -0.25) is 18.4 Å². The van der Waals surface area contributed by atoms with Crippen LogP contribution in [-0.2, 0) is 92.4 Å². The Morgan fingerprint density at radius 1 is 0.484 bits per heavy atom. The van der Waals surface area contributed by atoms with Crippen LogP contribution < -0.4 is 210 Å². The molecular weight excluding hydrogens is 1080 g/mol. The third-order valence-electron chi connectivity index (χ3n) is 0.377. The van der Waals surface area contributed by atoms with Crippen molar-refractivity contribution in [3.63, 3.8) is 0 Å². The SMILES string of the molecule is C.C.Cl.F.O.O.O.O.O=S(=O)(F)NS(=O)(=O)F.O=S(=O)(F)[N-]S(=O)(=O)F.O=S(=O)(O)F.O=S(=O)(O)O.O=S(=O)([O-])F.O=[S-](=O)[O-].[Cl-].[F-].[Li+].[Li+].[Li+].[Li+].[Li+].[Li+].[Li+].[Li+].[Li+].[Li+].[OH-].[OH-].[OH-].[OH-].[OH-]. The maximum Gasteiger partial charge on any atom is 1.00 e. The number of nitrogens with one attached hydrogen (secondary N) is 1. The van der Waals surface area contributed by atoms with E-state index in [2.05, 4.69) is 0 Å². The van der Waals surface area contributed by atoms with Crippen molar-refractivity contribution in [1.82, 2.24) is 4.13 Å². The Morgan fingerprint density at radius 2 is 0.548 bits per heavy atom. The fraction of sp³-hybridized carbons (Fsp3) is 1.00. The number of halogens is 10. The molecule has 0 aliphatic carbocycles. The van der Waals surface area contributed by atoms with E-state index in [0.29, 0.717) is 0 Å². The molecule has 0 radical (unpaired) electrons. The summed E-state index contributed by atoms with van der Waals surface area (Å²) >= 11 is 0. The minimum atomic E-state index is -5.62. The van der Waals surface area contributed by atoms with Crippen LogP contribution in [0.1, 0.15) is 14.9 Å². The van der Waals surface area contributed by atoms with E-state index in [9.17, 15) is 57.0 Å². The molecule has 354 valence electrons. The summed E-state index contributed by atoms with van der Waals surface area (Å²) in [6.07, 6.45) is 0. The van der Waals surface area contributed by atoms with Crippen LogP contribution in [0.2, 0.25) is 0 Å². The van der Waals surface area contributed by atoms with Gasteiger partial charge in [0.15, 0.2) is 0 Å². The van der Waals surface area contributed by atoms with Crippen LogP contribution in [0.4, 0.5) is 28.0 Å². The maximum atomic E-state index is 11.1. The van der Waals surface area contributed by atoms with Crippen LogP contribution in [0.25, 0.3) is 4.13 Å². The summed E-state index contributed by atoms with van der Waals surface area (Å²) in [7, 11) is -40.6. The van der Waals surface area contributed by atoms with Crippen LogP contribution in [-0.4, -0.2) is 131 Å². The van der Waals surface area contributed by atoms with Crippen molar-refractivity contribution in [2.45, 2.75) is 14.9 Å². The average Bonchev–Trinajstić information content (AvgIpc) is 2.19. The first-order chi connectivity index (χ1) is 15.1. The van der Waals surface area contributed by atoms with Gasteiger partial charge in [0, 0.05) is 0 Å². The Labute approximate surface area is 486 Å². The Kier molecular flexibility index (Phi) is 375. The van der Waals surface area contributed by atoms with E-state index in [1.807, 2.05) is 0 Å². The summed E-state index contributed by atoms with van der Waals surface area (Å²) in [5.74, 6) is 0. The number of hydrogen-bond acceptors (Lipinski definition) is 24. The van der Waals surface area contributed by atoms with Crippen LogP contribution >= 0.6 is 12.4 Å². The first-order valence-electron chi connectivity index (χ1n) is 5.25. The van der Waals surface area contributed by atoms with E-state index < -0.39 is 84.0 Å². The molecule has 62 heavy (non-hydrogen) atoms. The van der Waals surface area contributed by atoms with Gasteiger partial charge in [0.05, 0.1) is 0 Å². The van der Waals surface area contributed by atoms with Gasteiger partial charge in [-0.1, -0.05) is 30.6 Å². The van der Waals surface area contributed by atoms with Crippen LogP contribution in [0.3, 0.4) is 0 Å². The molecule has 0 aliphatic rings. The smallest absolute Gasteiger partial charge is 1.00 e. The molecule has 0 aromatic heterocycles. The summed E-state index contributed by atoms with van der Waals surface area (Å²) in [4.78, 5) is 0. The second kappa shape index (κ2) is 103. The third-order valence-corrected chi connectivity index (χ3v) is 3.39. The van der Waals surface area contributed by atoms with E-state index in [1.54, 1.807) is 0 Å². The molecule has 0 saturated heterocycles. The number of nitrogens with zero attached hydrogens (tertiary/aromatic N) is 1. The molecule has 60 heteroatoms. The van der Waals surface area contributed by atoms with Gasteiger partial charge in [0.25, 0.3) is 10.5 Å². The molecule has 0 saturated carbocycles. The molecule has 0 spiro atoms. The molecule has 0 unspecified atom stereocenters. The van der Waals surface area contributed by atoms with E-state index >= 15 is 0 Å². The maximum absolute atomic E-state index is 11.1. The molecule has 17 N–H and O–H groups in total. The quantitative estimate of drug-likeness (QED) is 0.0507. The molecule has 0 aliphatic heterocycles. The van der Waals surface area contributed by atoms with Gasteiger partial charge in [0.2, 0.25) is 20.8 Å². The van der Waals surface area contributed by atoms with Crippen molar-refractivity contribution < 1.29 is 373 Å². The van der Waals surface area contributed by atoms with Gasteiger partial charge in [0.1, 0.15) is 0 Å². The fourth-order valence-electron chi connectivity index (χ4n) is 0.225. The van der Waals surface area contributed by atoms with Gasteiger partial charge >= 0.3 is 230 Å². The molecule has 0 heterocycles. The second-order valence-corrected chi connectivity index (χ2v) is 10.9. The fourth-order valence-corrected chi connectivity index (χ4v) is 2.03. The summed E-state index contributed by atoms with van der Waals surface area (Å²) in [5, 5.41) is 0. The van der Waals surface area contributed by atoms with Crippen LogP contribution in [0.5, 0.6) is 0 Å². The molecular formula is C2H27Cl2F8Li10N2O30S8-. The van der Waals surface area contributed by atoms with Crippen molar-refractivity contribution in [1.29, 1.82) is 0 Å². The van der Waals surface area contributed by atoms with Crippen molar-refractivity contribution >= 4 is 96.4 Å². The van der Waals surface area contributed by atoms with Crippen LogP contribution in [0, 0.1) is 0 Å². The summed E-state index contributed by atoms with van der Waals surface area (Å²) in [6, 6.07) is 0. The van der Waals surface area contributed by atoms with Crippen molar-refractivity contribution in [2.75, 3.05) is 0 Å². The van der Waals surface area contributed by atoms with Gasteiger partial charge < -0.3 is 88.0 Å². The summed E-state index contributed by atoms with van der Waals surface area (Å²) in [5.41, 5.74) is 0. The van der Waals surface area contributed by atoms with Gasteiger partial charge in [-0.05, 0) is 0 Å². The molecule has 0 aromatic carbocycles. The zero-order chi connectivity index (χ0) is 32.5. The van der Waals surface area contributed by atoms with E-state index in [4.69, 9.17) is 56.4 Å². The molecule has 0 atom stereocenters. The van der Waals surface area contributed by atoms with Crippen LogP contribution in [0.15, 0.2) is 0 Å². The Hall–Kier alpha value is 4.95. The summed E-state index contributed by atoms with van der Waals surface area (Å²) < 4.78 is 246. The number of rotatable bonds is 4. The minimum absolute atomic E-state index is 0. The zero-order valence-electron chi connectivity index (χ0n) is 31.0. The minimum Gasteiger partial charge on any atom is -1.00 e. The molecule has 0 aromatic rings. The summed E-state index contributed by atoms with van der Waals surface area (Å²) in [6.45, 7) is 0. The Balaban J connectivity index is -0.00000000603. The zero-order valence-corrected chi connectivity index (χ0v) is 39.1. The Bertz CT molecular complexity index is 1330. The molecule has 0 rings (SSSR count). The van der Waals surface area contributed by atoms with Gasteiger partial charge in [-0.2, -0.15) is 44.7 Å². The van der Waals surface area contributed by atoms with Gasteiger partial charge in [-0.15, -0.1) is 24.1 Å². The normalized spacial score (nSPS) is 7.29. The van der Waals surface area contributed by atoms with E-state index in [1.165, 1.54) is 0 Å². The molecule has 0 fully saturated rings. The predicted octanol–water partition coefficient (Wildman–Crippen LogP) is -41.5. The average molecular weight is 1110 g/mol. The van der Waals surface area contributed by atoms with Gasteiger partial charge in [-0.25, -0.2) is 25.3 Å². The van der Waals surface area contributed by atoms with E-state index in [-0.39, 0.29) is 291 Å². The first kappa shape index (κ1) is 225. The largest absolute Gasteiger partial charge is 1.00 e. The Morgan fingerprint density at radius 3 is 0.548 bits per heavy atom. The number of hydrogen-bond donors (Lipinski definition) is 4. The monoisotopic (exact) mass is 1110 g/mol. The van der Waals surface area contributed by atoms with E-state index in [0.717, 1.165) is 4.13 Å².